The lowest BCUT2D eigenvalue weighted by Gasteiger charge is -2.19. The lowest BCUT2D eigenvalue weighted by atomic mass is 9.92. The zero-order valence-corrected chi connectivity index (χ0v) is 8.14. The smallest absolute Gasteiger partial charge is 0.342 e. The van der Waals surface area contributed by atoms with Gasteiger partial charge in [0, 0.05) is 12.0 Å². The van der Waals surface area contributed by atoms with Gasteiger partial charge in [0.05, 0.1) is 10.4 Å². The van der Waals surface area contributed by atoms with E-state index in [0.717, 1.165) is 0 Å². The Morgan fingerprint density at radius 2 is 1.77 bits per heavy atom. The minimum atomic E-state index is -1.11. The van der Waals surface area contributed by atoms with Gasteiger partial charge in [-0.05, 0) is 6.42 Å². The summed E-state index contributed by atoms with van der Waals surface area (Å²) in [6.07, 6.45) is -0.895. The molecule has 3 nitrogen and oxygen atoms in total. The van der Waals surface area contributed by atoms with Crippen LogP contribution in [0.5, 0.6) is 0 Å². The first-order valence-corrected chi connectivity index (χ1v) is 4.78. The van der Waals surface area contributed by atoms with Crippen molar-refractivity contribution in [3.05, 3.63) is 11.1 Å². The highest BCUT2D eigenvalue weighted by Gasteiger charge is 2.40. The maximum absolute atomic E-state index is 13.1. The van der Waals surface area contributed by atoms with E-state index in [-0.39, 0.29) is 23.2 Å². The van der Waals surface area contributed by atoms with Crippen LogP contribution in [0.1, 0.15) is 12.8 Å². The number of carbonyl (C=O) groups is 2. The number of ether oxygens (including phenoxy) is 1. The van der Waals surface area contributed by atoms with Crippen LogP contribution in [0.15, 0.2) is 11.1 Å². The average Bonchev–Trinajstić information content (AvgIpc) is 2.31. The van der Waals surface area contributed by atoms with Crippen LogP contribution in [0.2, 0.25) is 0 Å². The minimum Gasteiger partial charge on any atom is -0.386 e. The number of carbonyl (C=O) groups excluding carboxylic acids is 2. The van der Waals surface area contributed by atoms with Gasteiger partial charge in [-0.15, -0.1) is 0 Å². The summed E-state index contributed by atoms with van der Waals surface area (Å²) in [6, 6.07) is 0. The highest BCUT2D eigenvalue weighted by molar-refractivity contribution is 9.09. The van der Waals surface area contributed by atoms with E-state index in [0.29, 0.717) is 5.57 Å². The van der Waals surface area contributed by atoms with Crippen LogP contribution in [0.4, 0.5) is 4.39 Å². The summed E-state index contributed by atoms with van der Waals surface area (Å²) in [5, 5.41) is 0. The van der Waals surface area contributed by atoms with Gasteiger partial charge >= 0.3 is 11.9 Å². The molecule has 1 aliphatic carbocycles. The molecule has 2 unspecified atom stereocenters. The number of rotatable bonds is 0. The third-order valence-corrected chi connectivity index (χ3v) is 3.13. The van der Waals surface area contributed by atoms with Gasteiger partial charge in [-0.2, -0.15) is 0 Å². The Balaban J connectivity index is 2.36. The third-order valence-electron chi connectivity index (χ3n) is 2.23. The van der Waals surface area contributed by atoms with E-state index < -0.39 is 18.1 Å². The van der Waals surface area contributed by atoms with E-state index >= 15 is 0 Å². The van der Waals surface area contributed by atoms with E-state index in [2.05, 4.69) is 20.7 Å². The Morgan fingerprint density at radius 3 is 2.38 bits per heavy atom. The SMILES string of the molecule is O=C1OC(=O)C2=C1CC(F)C(Br)C2. The lowest BCUT2D eigenvalue weighted by molar-refractivity contribution is -0.151. The predicted molar refractivity (Wildman–Crippen MR) is 45.0 cm³/mol. The van der Waals surface area contributed by atoms with E-state index in [1.807, 2.05) is 0 Å². The summed E-state index contributed by atoms with van der Waals surface area (Å²) < 4.78 is 17.5. The Morgan fingerprint density at radius 1 is 1.23 bits per heavy atom. The largest absolute Gasteiger partial charge is 0.386 e. The standard InChI is InChI=1S/C8H6BrFO3/c9-5-1-3-4(2-6(5)10)8(12)13-7(3)11/h5-6H,1-2H2. The van der Waals surface area contributed by atoms with Crippen molar-refractivity contribution in [2.24, 2.45) is 0 Å². The van der Waals surface area contributed by atoms with Gasteiger partial charge in [-0.25, -0.2) is 14.0 Å². The fourth-order valence-electron chi connectivity index (χ4n) is 1.51. The first-order chi connectivity index (χ1) is 6.09. The zero-order chi connectivity index (χ0) is 9.59. The molecule has 0 fully saturated rings. The predicted octanol–water partition coefficient (Wildman–Crippen LogP) is 1.26. The van der Waals surface area contributed by atoms with Crippen LogP contribution in [0.3, 0.4) is 0 Å². The molecular formula is C8H6BrFO3. The third kappa shape index (κ3) is 1.31. The summed E-state index contributed by atoms with van der Waals surface area (Å²) in [5.41, 5.74) is 0.550. The number of cyclic esters (lactones) is 2. The number of alkyl halides is 2. The first kappa shape index (κ1) is 8.87. The van der Waals surface area contributed by atoms with Crippen molar-refractivity contribution in [1.82, 2.24) is 0 Å². The molecule has 0 aromatic rings. The molecule has 2 aliphatic rings. The summed E-state index contributed by atoms with van der Waals surface area (Å²) >= 11 is 3.11. The average molecular weight is 249 g/mol. The molecule has 70 valence electrons. The second-order valence-corrected chi connectivity index (χ2v) is 4.25. The van der Waals surface area contributed by atoms with E-state index in [9.17, 15) is 14.0 Å². The molecule has 0 N–H and O–H groups in total. The van der Waals surface area contributed by atoms with Crippen LogP contribution in [0, 0.1) is 0 Å². The van der Waals surface area contributed by atoms with Crippen LogP contribution in [0.25, 0.3) is 0 Å². The highest BCUT2D eigenvalue weighted by Crippen LogP contribution is 2.36. The fourth-order valence-corrected chi connectivity index (χ4v) is 2.02. The van der Waals surface area contributed by atoms with Crippen molar-refractivity contribution in [2.75, 3.05) is 0 Å². The maximum Gasteiger partial charge on any atom is 0.342 e. The van der Waals surface area contributed by atoms with E-state index in [1.165, 1.54) is 0 Å². The molecule has 1 heterocycles. The molecule has 0 spiro atoms. The van der Waals surface area contributed by atoms with E-state index in [1.54, 1.807) is 0 Å². The first-order valence-electron chi connectivity index (χ1n) is 3.86. The van der Waals surface area contributed by atoms with Gasteiger partial charge in [-0.3, -0.25) is 0 Å². The van der Waals surface area contributed by atoms with Crippen LogP contribution < -0.4 is 0 Å². The molecule has 1 aliphatic heterocycles. The highest BCUT2D eigenvalue weighted by atomic mass is 79.9. The number of hydrogen-bond donors (Lipinski definition) is 0. The van der Waals surface area contributed by atoms with E-state index in [4.69, 9.17) is 0 Å². The molecular weight excluding hydrogens is 243 g/mol. The van der Waals surface area contributed by atoms with Crippen molar-refractivity contribution in [2.45, 2.75) is 23.8 Å². The van der Waals surface area contributed by atoms with Crippen molar-refractivity contribution >= 4 is 27.9 Å². The monoisotopic (exact) mass is 248 g/mol. The van der Waals surface area contributed by atoms with Gasteiger partial charge in [0.2, 0.25) is 0 Å². The van der Waals surface area contributed by atoms with Crippen molar-refractivity contribution in [3.8, 4) is 0 Å². The molecule has 0 radical (unpaired) electrons. The zero-order valence-electron chi connectivity index (χ0n) is 6.55. The Hall–Kier alpha value is -0.710. The number of halogens is 2. The molecule has 2 rings (SSSR count). The fraction of sp³-hybridized carbons (Fsp3) is 0.500. The summed E-state index contributed by atoms with van der Waals surface area (Å²) in [6.45, 7) is 0. The Kier molecular flexibility index (Phi) is 1.98. The molecule has 0 aromatic carbocycles. The molecule has 13 heavy (non-hydrogen) atoms. The topological polar surface area (TPSA) is 43.4 Å². The van der Waals surface area contributed by atoms with Crippen LogP contribution in [-0.4, -0.2) is 22.9 Å². The van der Waals surface area contributed by atoms with Gasteiger partial charge in [0.1, 0.15) is 6.17 Å². The van der Waals surface area contributed by atoms with Gasteiger partial charge in [-0.1, -0.05) is 15.9 Å². The minimum absolute atomic E-state index is 0.0180. The normalized spacial score (nSPS) is 33.4. The second kappa shape index (κ2) is 2.90. The van der Waals surface area contributed by atoms with Gasteiger partial charge in [0.25, 0.3) is 0 Å². The van der Waals surface area contributed by atoms with Gasteiger partial charge in [0.15, 0.2) is 0 Å². The Bertz CT molecular complexity index is 293. The summed E-state index contributed by atoms with van der Waals surface area (Å²) in [4.78, 5) is 21.6. The van der Waals surface area contributed by atoms with Crippen molar-refractivity contribution < 1.29 is 18.7 Å². The molecule has 0 amide bonds. The summed E-state index contributed by atoms with van der Waals surface area (Å²) in [7, 11) is 0. The lowest BCUT2D eigenvalue weighted by Crippen LogP contribution is -2.23. The summed E-state index contributed by atoms with van der Waals surface area (Å²) in [5.74, 6) is -1.29. The van der Waals surface area contributed by atoms with Crippen LogP contribution in [-0.2, 0) is 14.3 Å². The van der Waals surface area contributed by atoms with Crippen molar-refractivity contribution in [1.29, 1.82) is 0 Å². The molecule has 0 saturated heterocycles. The molecule has 0 saturated carbocycles. The molecule has 5 heteroatoms. The Labute approximate surface area is 82.1 Å². The maximum atomic E-state index is 13.1. The quantitative estimate of drug-likeness (QED) is 0.369. The molecule has 0 aromatic heterocycles. The van der Waals surface area contributed by atoms with Crippen LogP contribution >= 0.6 is 15.9 Å². The molecule has 2 atom stereocenters. The molecule has 0 bridgehead atoms. The second-order valence-electron chi connectivity index (χ2n) is 3.07. The van der Waals surface area contributed by atoms with Gasteiger partial charge < -0.3 is 4.74 Å². The number of hydrogen-bond acceptors (Lipinski definition) is 3. The number of esters is 2. The van der Waals surface area contributed by atoms with Crippen molar-refractivity contribution in [3.63, 3.8) is 0 Å².